The Labute approximate surface area is 246 Å². The van der Waals surface area contributed by atoms with Crippen LogP contribution in [0.2, 0.25) is 5.04 Å². The largest absolute Gasteiger partial charge is 0.433 e. The molecule has 2 bridgehead atoms. The normalized spacial score (nSPS) is 26.4. The van der Waals surface area contributed by atoms with Gasteiger partial charge in [-0.2, -0.15) is 18.3 Å². The molecule has 4 aliphatic rings. The van der Waals surface area contributed by atoms with E-state index in [4.69, 9.17) is 9.52 Å². The Morgan fingerprint density at radius 2 is 1.48 bits per heavy atom. The van der Waals surface area contributed by atoms with Gasteiger partial charge in [0.2, 0.25) is 0 Å². The van der Waals surface area contributed by atoms with Crippen LogP contribution in [0.5, 0.6) is 0 Å². The van der Waals surface area contributed by atoms with Crippen LogP contribution in [0.4, 0.5) is 13.2 Å². The van der Waals surface area contributed by atoms with E-state index in [0.29, 0.717) is 23.4 Å². The van der Waals surface area contributed by atoms with Crippen LogP contribution in [0, 0.1) is 17.8 Å². The molecule has 4 aromatic rings. The number of aromatic nitrogens is 3. The first-order valence-corrected chi connectivity index (χ1v) is 16.7. The summed E-state index contributed by atoms with van der Waals surface area (Å²) in [5, 5.41) is 7.28. The summed E-state index contributed by atoms with van der Waals surface area (Å²) in [6.07, 6.45) is -3.38. The minimum absolute atomic E-state index is 0.00672. The van der Waals surface area contributed by atoms with Gasteiger partial charge in [-0.3, -0.25) is 4.68 Å². The van der Waals surface area contributed by atoms with Gasteiger partial charge in [0.1, 0.15) is 11.4 Å². The molecule has 0 aliphatic heterocycles. The van der Waals surface area contributed by atoms with Gasteiger partial charge in [-0.05, 0) is 71.6 Å². The molecule has 8 rings (SSSR count). The number of hydrogen-bond acceptors (Lipinski definition) is 3. The highest BCUT2D eigenvalue weighted by Crippen LogP contribution is 2.91. The topological polar surface area (TPSA) is 39.9 Å². The minimum atomic E-state index is -4.50. The maximum absolute atomic E-state index is 13.4. The van der Waals surface area contributed by atoms with Crippen molar-refractivity contribution in [2.75, 3.05) is 0 Å². The molecule has 0 radical (unpaired) electrons. The molecule has 4 saturated carbocycles. The van der Waals surface area contributed by atoms with Crippen molar-refractivity contribution in [2.45, 2.75) is 69.8 Å². The summed E-state index contributed by atoms with van der Waals surface area (Å²) >= 11 is 0. The number of benzene rings is 2. The van der Waals surface area contributed by atoms with Crippen molar-refractivity contribution in [2.24, 2.45) is 17.8 Å². The van der Waals surface area contributed by atoms with Crippen molar-refractivity contribution in [1.82, 2.24) is 14.8 Å². The van der Waals surface area contributed by atoms with Gasteiger partial charge in [0, 0.05) is 17.2 Å². The molecule has 2 aromatic heterocycles. The van der Waals surface area contributed by atoms with Crippen molar-refractivity contribution in [3.05, 3.63) is 96.3 Å². The van der Waals surface area contributed by atoms with Crippen LogP contribution >= 0.6 is 0 Å². The Morgan fingerprint density at radius 3 is 2.00 bits per heavy atom. The Balaban J connectivity index is 1.26. The second-order valence-corrected chi connectivity index (χ2v) is 17.8. The van der Waals surface area contributed by atoms with Gasteiger partial charge in [0.15, 0.2) is 0 Å². The molecule has 2 aromatic carbocycles. The first-order valence-electron chi connectivity index (χ1n) is 14.8. The third-order valence-corrected chi connectivity index (χ3v) is 15.0. The zero-order valence-corrected chi connectivity index (χ0v) is 25.6. The molecular formula is C34H36F3N3OSi. The average Bonchev–Trinajstić information content (AvgIpc) is 3.53. The number of fused-ring (bicyclic) bond motifs is 1. The van der Waals surface area contributed by atoms with E-state index in [-0.39, 0.29) is 28.3 Å². The SMILES string of the molecule is CC(C)n1nc(-c2cccc(C(F)(F)F)n2)cc1[C@]12C3C(O[Si](c4ccccc4)(c4ccccc4)C(C)(C)C)C[C@@H]1[C@H]32. The summed E-state index contributed by atoms with van der Waals surface area (Å²) in [5.41, 5.74) is 0.981. The molecule has 42 heavy (non-hydrogen) atoms. The van der Waals surface area contributed by atoms with Gasteiger partial charge in [0.05, 0.1) is 11.8 Å². The zero-order chi connectivity index (χ0) is 29.7. The van der Waals surface area contributed by atoms with Crippen molar-refractivity contribution in [3.63, 3.8) is 0 Å². The average molecular weight is 588 g/mol. The molecule has 4 aliphatic carbocycles. The number of alkyl halides is 3. The highest BCUT2D eigenvalue weighted by Gasteiger charge is 2.94. The van der Waals surface area contributed by atoms with E-state index in [1.807, 2.05) is 10.7 Å². The van der Waals surface area contributed by atoms with Gasteiger partial charge in [-0.1, -0.05) is 87.5 Å². The van der Waals surface area contributed by atoms with Crippen LogP contribution in [0.1, 0.15) is 58.5 Å². The summed E-state index contributed by atoms with van der Waals surface area (Å²) < 4.78 is 49.9. The molecule has 8 heteroatoms. The van der Waals surface area contributed by atoms with Gasteiger partial charge >= 0.3 is 6.18 Å². The lowest BCUT2D eigenvalue weighted by atomic mass is 10.0. The standard InChI is InChI=1S/C34H36F3N3OSi/c1-21(2)40-29(20-26(39-40)25-17-12-18-28(38-25)34(35,36)37)33-24-19-27(31(33)30(24)33)41-42(32(3,4)5,22-13-8-6-9-14-22)23-15-10-7-11-16-23/h6-18,20-21,24,27,30-31H,19H2,1-5H3/t24-,27?,30-,31?,33-/m1/s1. The highest BCUT2D eigenvalue weighted by molar-refractivity contribution is 6.99. The molecular weight excluding hydrogens is 551 g/mol. The molecule has 0 N–H and O–H groups in total. The molecule has 4 fully saturated rings. The fraction of sp³-hybridized carbons (Fsp3) is 0.412. The Kier molecular flexibility index (Phi) is 6.00. The first-order chi connectivity index (χ1) is 19.9. The quantitative estimate of drug-likeness (QED) is 0.219. The van der Waals surface area contributed by atoms with Crippen molar-refractivity contribution < 1.29 is 17.6 Å². The molecule has 0 amide bonds. The Hall–Kier alpha value is -3.23. The second-order valence-electron chi connectivity index (χ2n) is 13.5. The van der Waals surface area contributed by atoms with E-state index < -0.39 is 20.2 Å². The Morgan fingerprint density at radius 1 is 0.857 bits per heavy atom. The van der Waals surface area contributed by atoms with E-state index in [2.05, 4.69) is 100 Å². The first kappa shape index (κ1) is 27.6. The van der Waals surface area contributed by atoms with Crippen LogP contribution in [0.15, 0.2) is 84.9 Å². The van der Waals surface area contributed by atoms with E-state index in [9.17, 15) is 13.2 Å². The van der Waals surface area contributed by atoms with Crippen LogP contribution in [0.25, 0.3) is 11.4 Å². The summed E-state index contributed by atoms with van der Waals surface area (Å²) in [6, 6.07) is 27.6. The van der Waals surface area contributed by atoms with Crippen LogP contribution < -0.4 is 10.4 Å². The monoisotopic (exact) mass is 587 g/mol. The predicted molar refractivity (Wildman–Crippen MR) is 160 cm³/mol. The lowest BCUT2D eigenvalue weighted by Crippen LogP contribution is -2.67. The molecule has 0 saturated heterocycles. The fourth-order valence-electron chi connectivity index (χ4n) is 8.18. The molecule has 218 valence electrons. The molecule has 5 atom stereocenters. The lowest BCUT2D eigenvalue weighted by molar-refractivity contribution is -0.141. The van der Waals surface area contributed by atoms with Gasteiger partial charge in [-0.15, -0.1) is 0 Å². The van der Waals surface area contributed by atoms with Crippen LogP contribution in [-0.4, -0.2) is 29.2 Å². The van der Waals surface area contributed by atoms with Gasteiger partial charge < -0.3 is 4.43 Å². The molecule has 0 spiro atoms. The zero-order valence-electron chi connectivity index (χ0n) is 24.6. The second kappa shape index (κ2) is 9.13. The summed E-state index contributed by atoms with van der Waals surface area (Å²) in [5.74, 6) is 1.44. The lowest BCUT2D eigenvalue weighted by Gasteiger charge is -2.44. The minimum Gasteiger partial charge on any atom is -0.404 e. The van der Waals surface area contributed by atoms with Crippen molar-refractivity contribution >= 4 is 18.7 Å². The van der Waals surface area contributed by atoms with Gasteiger partial charge in [-0.25, -0.2) is 4.98 Å². The third kappa shape index (κ3) is 3.83. The van der Waals surface area contributed by atoms with E-state index >= 15 is 0 Å². The maximum Gasteiger partial charge on any atom is 0.433 e. The predicted octanol–water partition coefficient (Wildman–Crippen LogP) is 7.01. The van der Waals surface area contributed by atoms with Crippen molar-refractivity contribution in [3.8, 4) is 11.4 Å². The van der Waals surface area contributed by atoms with E-state index in [1.54, 1.807) is 6.07 Å². The number of pyridine rings is 1. The summed E-state index contributed by atoms with van der Waals surface area (Å²) in [6.45, 7) is 11.1. The molecule has 2 heterocycles. The number of halogens is 3. The maximum atomic E-state index is 13.4. The Bertz CT molecular complexity index is 1580. The van der Waals surface area contributed by atoms with Crippen molar-refractivity contribution in [1.29, 1.82) is 0 Å². The van der Waals surface area contributed by atoms with Crippen LogP contribution in [-0.2, 0) is 16.0 Å². The van der Waals surface area contributed by atoms with Crippen LogP contribution in [0.3, 0.4) is 0 Å². The fourth-order valence-corrected chi connectivity index (χ4v) is 12.9. The smallest absolute Gasteiger partial charge is 0.404 e. The number of rotatable bonds is 7. The number of hydrogen-bond donors (Lipinski definition) is 0. The summed E-state index contributed by atoms with van der Waals surface area (Å²) in [4.78, 5) is 3.94. The molecule has 2 unspecified atom stereocenters. The van der Waals surface area contributed by atoms with Gasteiger partial charge in [0.25, 0.3) is 8.32 Å². The summed E-state index contributed by atoms with van der Waals surface area (Å²) in [7, 11) is -2.70. The third-order valence-electron chi connectivity index (χ3n) is 9.92. The molecule has 4 nitrogen and oxygen atoms in total. The number of nitrogens with zero attached hydrogens (tertiary/aromatic N) is 3. The van der Waals surface area contributed by atoms with E-state index in [0.717, 1.165) is 18.2 Å². The highest BCUT2D eigenvalue weighted by atomic mass is 28.4. The van der Waals surface area contributed by atoms with E-state index in [1.165, 1.54) is 16.4 Å².